The molecule has 148 valence electrons. The van der Waals surface area contributed by atoms with Gasteiger partial charge in [0.2, 0.25) is 0 Å². The number of aromatic nitrogens is 4. The van der Waals surface area contributed by atoms with Crippen molar-refractivity contribution in [1.29, 1.82) is 5.26 Å². The summed E-state index contributed by atoms with van der Waals surface area (Å²) in [6, 6.07) is 10.1. The van der Waals surface area contributed by atoms with Crippen LogP contribution in [0.25, 0.3) is 11.4 Å². The van der Waals surface area contributed by atoms with Crippen molar-refractivity contribution < 1.29 is 0 Å². The summed E-state index contributed by atoms with van der Waals surface area (Å²) in [7, 11) is 1.97. The number of aryl methyl sites for hydroxylation is 1. The Kier molecular flexibility index (Phi) is 5.54. The van der Waals surface area contributed by atoms with Crippen LogP contribution in [0.2, 0.25) is 0 Å². The summed E-state index contributed by atoms with van der Waals surface area (Å²) in [6.45, 7) is 2.70. The molecule has 1 aromatic carbocycles. The number of rotatable bonds is 6. The second-order valence-electron chi connectivity index (χ2n) is 7.43. The Morgan fingerprint density at radius 1 is 1.14 bits per heavy atom. The molecule has 0 saturated carbocycles. The lowest BCUT2D eigenvalue weighted by Crippen LogP contribution is -2.18. The van der Waals surface area contributed by atoms with Crippen molar-refractivity contribution in [2.45, 2.75) is 25.7 Å². The molecule has 0 atom stereocenters. The minimum atomic E-state index is 0.574. The number of nitrogens with zero attached hydrogens (tertiary/aromatic N) is 6. The summed E-state index contributed by atoms with van der Waals surface area (Å²) in [5.41, 5.74) is 10.3. The van der Waals surface area contributed by atoms with Gasteiger partial charge >= 0.3 is 0 Å². The van der Waals surface area contributed by atoms with Crippen LogP contribution in [-0.4, -0.2) is 39.4 Å². The van der Waals surface area contributed by atoms with Crippen LogP contribution in [0, 0.1) is 11.3 Å². The number of anilines is 1. The molecule has 0 radical (unpaired) electrons. The fourth-order valence-corrected chi connectivity index (χ4v) is 3.77. The third-order valence-corrected chi connectivity index (χ3v) is 5.38. The molecular weight excluding hydrogens is 362 g/mol. The maximum Gasteiger partial charge on any atom is 0.159 e. The van der Waals surface area contributed by atoms with Gasteiger partial charge in [-0.3, -0.25) is 4.68 Å². The highest BCUT2D eigenvalue weighted by molar-refractivity contribution is 5.63. The lowest BCUT2D eigenvalue weighted by atomic mass is 9.99. The molecule has 2 aromatic heterocycles. The second-order valence-corrected chi connectivity index (χ2v) is 7.43. The molecular formula is C22H25N7. The van der Waals surface area contributed by atoms with Crippen LogP contribution in [-0.2, 0) is 19.9 Å². The Bertz CT molecular complexity index is 1020. The molecule has 3 aromatic rings. The van der Waals surface area contributed by atoms with Gasteiger partial charge < -0.3 is 10.6 Å². The van der Waals surface area contributed by atoms with E-state index >= 15 is 0 Å². The molecule has 0 aliphatic carbocycles. The fraction of sp³-hybridized carbons (Fsp3) is 0.364. The first kappa shape index (κ1) is 19.1. The molecule has 2 N–H and O–H groups in total. The van der Waals surface area contributed by atoms with Crippen LogP contribution in [0.15, 0.2) is 36.7 Å². The number of hydrogen-bond acceptors (Lipinski definition) is 6. The van der Waals surface area contributed by atoms with E-state index in [-0.39, 0.29) is 0 Å². The molecule has 7 heteroatoms. The molecule has 1 aliphatic rings. The van der Waals surface area contributed by atoms with Gasteiger partial charge in [0.15, 0.2) is 11.6 Å². The summed E-state index contributed by atoms with van der Waals surface area (Å²) in [5, 5.41) is 14.1. The lowest BCUT2D eigenvalue weighted by Gasteiger charge is -2.12. The highest BCUT2D eigenvalue weighted by Gasteiger charge is 2.18. The Morgan fingerprint density at radius 3 is 2.59 bits per heavy atom. The van der Waals surface area contributed by atoms with Crippen molar-refractivity contribution in [2.75, 3.05) is 24.5 Å². The number of hydrogen-bond donors (Lipinski definition) is 1. The van der Waals surface area contributed by atoms with Crippen molar-refractivity contribution in [2.24, 2.45) is 12.8 Å². The standard InChI is InChI=1S/C22H25N7/c1-28-19(12-21(27-28)29-8-2-3-9-29)11-18-10-16(13-24)4-5-20(18)22-25-14-17(6-7-23)15-26-22/h4-5,10,12,14-15H,2-3,6-9,11,23H2,1H3. The minimum Gasteiger partial charge on any atom is -0.355 e. The van der Waals surface area contributed by atoms with Gasteiger partial charge in [-0.05, 0) is 55.1 Å². The molecule has 7 nitrogen and oxygen atoms in total. The molecule has 1 aliphatic heterocycles. The highest BCUT2D eigenvalue weighted by atomic mass is 15.3. The van der Waals surface area contributed by atoms with Crippen LogP contribution in [0.1, 0.15) is 35.2 Å². The summed E-state index contributed by atoms with van der Waals surface area (Å²) in [4.78, 5) is 11.4. The average Bonchev–Trinajstić information content (AvgIpc) is 3.39. The maximum atomic E-state index is 9.37. The normalized spacial score (nSPS) is 13.6. The molecule has 1 fully saturated rings. The third-order valence-electron chi connectivity index (χ3n) is 5.38. The van der Waals surface area contributed by atoms with Crippen molar-refractivity contribution in [3.05, 3.63) is 59.0 Å². The Balaban J connectivity index is 1.67. The first-order valence-corrected chi connectivity index (χ1v) is 10.00. The minimum absolute atomic E-state index is 0.574. The van der Waals surface area contributed by atoms with Gasteiger partial charge in [0.25, 0.3) is 0 Å². The smallest absolute Gasteiger partial charge is 0.159 e. The van der Waals surface area contributed by atoms with E-state index in [9.17, 15) is 5.26 Å². The van der Waals surface area contributed by atoms with E-state index in [1.807, 2.05) is 42.3 Å². The predicted octanol–water partition coefficient (Wildman–Crippen LogP) is 2.44. The first-order valence-electron chi connectivity index (χ1n) is 10.00. The van der Waals surface area contributed by atoms with Gasteiger partial charge in [-0.15, -0.1) is 0 Å². The van der Waals surface area contributed by atoms with Gasteiger partial charge in [0, 0.05) is 56.3 Å². The molecule has 1 saturated heterocycles. The maximum absolute atomic E-state index is 9.37. The number of nitrogens with two attached hydrogens (primary N) is 1. The van der Waals surface area contributed by atoms with Crippen LogP contribution >= 0.6 is 0 Å². The van der Waals surface area contributed by atoms with Crippen molar-refractivity contribution in [3.8, 4) is 17.5 Å². The van der Waals surface area contributed by atoms with E-state index in [1.54, 1.807) is 0 Å². The summed E-state index contributed by atoms with van der Waals surface area (Å²) < 4.78 is 1.93. The molecule has 29 heavy (non-hydrogen) atoms. The first-order chi connectivity index (χ1) is 14.2. The lowest BCUT2D eigenvalue weighted by molar-refractivity contribution is 0.717. The number of nitriles is 1. The average molecular weight is 387 g/mol. The largest absolute Gasteiger partial charge is 0.355 e. The van der Waals surface area contributed by atoms with Gasteiger partial charge in [-0.1, -0.05) is 0 Å². The Morgan fingerprint density at radius 2 is 1.90 bits per heavy atom. The van der Waals surface area contributed by atoms with Gasteiger partial charge in [0.1, 0.15) is 0 Å². The van der Waals surface area contributed by atoms with E-state index in [0.29, 0.717) is 24.4 Å². The highest BCUT2D eigenvalue weighted by Crippen LogP contribution is 2.26. The quantitative estimate of drug-likeness (QED) is 0.698. The Labute approximate surface area is 170 Å². The zero-order valence-corrected chi connectivity index (χ0v) is 16.7. The molecule has 3 heterocycles. The molecule has 0 spiro atoms. The van der Waals surface area contributed by atoms with Crippen LogP contribution in [0.3, 0.4) is 0 Å². The molecule has 0 unspecified atom stereocenters. The summed E-state index contributed by atoms with van der Waals surface area (Å²) in [5.74, 6) is 1.69. The molecule has 0 bridgehead atoms. The predicted molar refractivity (Wildman–Crippen MR) is 112 cm³/mol. The Hall–Kier alpha value is -3.24. The van der Waals surface area contributed by atoms with E-state index < -0.39 is 0 Å². The topological polar surface area (TPSA) is 96.7 Å². The second kappa shape index (κ2) is 8.41. The van der Waals surface area contributed by atoms with Crippen molar-refractivity contribution in [1.82, 2.24) is 19.7 Å². The van der Waals surface area contributed by atoms with Gasteiger partial charge in [0.05, 0.1) is 11.6 Å². The SMILES string of the molecule is Cn1nc(N2CCCC2)cc1Cc1cc(C#N)ccc1-c1ncc(CCN)cn1. The zero-order valence-electron chi connectivity index (χ0n) is 16.7. The van der Waals surface area contributed by atoms with Gasteiger partial charge in [-0.2, -0.15) is 10.4 Å². The van der Waals surface area contributed by atoms with E-state index in [4.69, 9.17) is 10.8 Å². The van der Waals surface area contributed by atoms with Crippen LogP contribution in [0.4, 0.5) is 5.82 Å². The molecule has 4 rings (SSSR count). The number of benzene rings is 1. The summed E-state index contributed by atoms with van der Waals surface area (Å²) in [6.07, 6.45) is 7.51. The van der Waals surface area contributed by atoms with Crippen molar-refractivity contribution >= 4 is 5.82 Å². The fourth-order valence-electron chi connectivity index (χ4n) is 3.77. The monoisotopic (exact) mass is 387 g/mol. The van der Waals surface area contributed by atoms with E-state index in [1.165, 1.54) is 12.8 Å². The van der Waals surface area contributed by atoms with E-state index in [2.05, 4.69) is 27.0 Å². The summed E-state index contributed by atoms with van der Waals surface area (Å²) >= 11 is 0. The van der Waals surface area contributed by atoms with Crippen LogP contribution in [0.5, 0.6) is 0 Å². The zero-order chi connectivity index (χ0) is 20.2. The molecule has 0 amide bonds. The van der Waals surface area contributed by atoms with Crippen molar-refractivity contribution in [3.63, 3.8) is 0 Å². The van der Waals surface area contributed by atoms with Crippen LogP contribution < -0.4 is 10.6 Å². The van der Waals surface area contributed by atoms with E-state index in [0.717, 1.165) is 47.7 Å². The third kappa shape index (κ3) is 4.13. The van der Waals surface area contributed by atoms with Gasteiger partial charge in [-0.25, -0.2) is 9.97 Å².